The van der Waals surface area contributed by atoms with Crippen LogP contribution in [0.2, 0.25) is 0 Å². The molecule has 2 nitrogen and oxygen atoms in total. The quantitative estimate of drug-likeness (QED) is 0.839. The fourth-order valence-corrected chi connectivity index (χ4v) is 2.53. The molecule has 0 spiro atoms. The average molecular weight is 232 g/mol. The van der Waals surface area contributed by atoms with Crippen molar-refractivity contribution in [3.8, 4) is 0 Å². The Balaban J connectivity index is 2.03. The molecule has 0 saturated carbocycles. The maximum Gasteiger partial charge on any atom is 0.0395 e. The molecule has 17 heavy (non-hydrogen) atoms. The molecule has 0 aliphatic carbocycles. The molecule has 1 unspecified atom stereocenters. The van der Waals surface area contributed by atoms with Crippen molar-refractivity contribution in [3.63, 3.8) is 0 Å². The van der Waals surface area contributed by atoms with Crippen LogP contribution in [0.1, 0.15) is 19.4 Å². The number of hydrogen-bond donors (Lipinski definition) is 1. The van der Waals surface area contributed by atoms with Crippen molar-refractivity contribution in [1.29, 1.82) is 0 Å². The van der Waals surface area contributed by atoms with Gasteiger partial charge in [0.15, 0.2) is 0 Å². The van der Waals surface area contributed by atoms with Crippen LogP contribution in [0.15, 0.2) is 24.3 Å². The van der Waals surface area contributed by atoms with Crippen LogP contribution in [-0.2, 0) is 0 Å². The lowest BCUT2D eigenvalue weighted by Crippen LogP contribution is -2.48. The van der Waals surface area contributed by atoms with E-state index in [1.165, 1.54) is 30.9 Å². The number of para-hydroxylation sites is 1. The fraction of sp³-hybridized carbons (Fsp3) is 0.600. The summed E-state index contributed by atoms with van der Waals surface area (Å²) in [4.78, 5) is 2.51. The first-order valence-electron chi connectivity index (χ1n) is 6.73. The highest BCUT2D eigenvalue weighted by Crippen LogP contribution is 2.23. The molecule has 0 radical (unpaired) electrons. The lowest BCUT2D eigenvalue weighted by molar-refractivity contribution is 0.251. The molecule has 1 aliphatic heterocycles. The van der Waals surface area contributed by atoms with Crippen LogP contribution in [0.5, 0.6) is 0 Å². The lowest BCUT2D eigenvalue weighted by atomic mass is 9.88. The number of nitrogens with one attached hydrogen (secondary N) is 1. The summed E-state index contributed by atoms with van der Waals surface area (Å²) in [5.74, 6) is 1.64. The van der Waals surface area contributed by atoms with E-state index in [1.807, 2.05) is 0 Å². The molecule has 1 aliphatic rings. The van der Waals surface area contributed by atoms with E-state index in [0.717, 1.165) is 18.4 Å². The van der Waals surface area contributed by atoms with Gasteiger partial charge in [-0.2, -0.15) is 0 Å². The molecule has 1 saturated heterocycles. The van der Waals surface area contributed by atoms with Crippen LogP contribution in [0.3, 0.4) is 0 Å². The molecule has 1 heterocycles. The van der Waals surface area contributed by atoms with Gasteiger partial charge >= 0.3 is 0 Å². The van der Waals surface area contributed by atoms with Gasteiger partial charge in [-0.15, -0.1) is 0 Å². The number of anilines is 1. The zero-order valence-electron chi connectivity index (χ0n) is 11.2. The predicted molar refractivity (Wildman–Crippen MR) is 74.6 cm³/mol. The minimum absolute atomic E-state index is 0.774. The van der Waals surface area contributed by atoms with Crippen molar-refractivity contribution in [2.75, 3.05) is 31.1 Å². The van der Waals surface area contributed by atoms with Crippen molar-refractivity contribution in [2.24, 2.45) is 11.8 Å². The Morgan fingerprint density at radius 3 is 2.59 bits per heavy atom. The molecule has 2 rings (SSSR count). The van der Waals surface area contributed by atoms with Crippen molar-refractivity contribution >= 4 is 5.69 Å². The first kappa shape index (κ1) is 12.4. The number of hydrogen-bond acceptors (Lipinski definition) is 2. The summed E-state index contributed by atoms with van der Waals surface area (Å²) < 4.78 is 0. The summed E-state index contributed by atoms with van der Waals surface area (Å²) in [6.07, 6.45) is 0. The smallest absolute Gasteiger partial charge is 0.0395 e. The minimum Gasteiger partial charge on any atom is -0.371 e. The highest BCUT2D eigenvalue weighted by Gasteiger charge is 2.25. The fourth-order valence-electron chi connectivity index (χ4n) is 2.53. The minimum atomic E-state index is 0.774. The van der Waals surface area contributed by atoms with Crippen molar-refractivity contribution in [3.05, 3.63) is 29.8 Å². The highest BCUT2D eigenvalue weighted by molar-refractivity contribution is 5.52. The van der Waals surface area contributed by atoms with Crippen LogP contribution in [0, 0.1) is 18.8 Å². The van der Waals surface area contributed by atoms with Gasteiger partial charge in [0.1, 0.15) is 0 Å². The topological polar surface area (TPSA) is 15.3 Å². The van der Waals surface area contributed by atoms with E-state index in [9.17, 15) is 0 Å². The molecule has 94 valence electrons. The Hall–Kier alpha value is -1.02. The predicted octanol–water partition coefficient (Wildman–Crippen LogP) is 2.68. The van der Waals surface area contributed by atoms with E-state index in [-0.39, 0.29) is 0 Å². The third-order valence-corrected chi connectivity index (χ3v) is 3.96. The summed E-state index contributed by atoms with van der Waals surface area (Å²) in [5.41, 5.74) is 2.78. The molecule has 0 aromatic heterocycles. The van der Waals surface area contributed by atoms with Crippen molar-refractivity contribution in [1.82, 2.24) is 5.32 Å². The van der Waals surface area contributed by atoms with Gasteiger partial charge in [-0.3, -0.25) is 0 Å². The van der Waals surface area contributed by atoms with Crippen molar-refractivity contribution in [2.45, 2.75) is 20.8 Å². The molecule has 1 aromatic carbocycles. The van der Waals surface area contributed by atoms with Gasteiger partial charge in [0, 0.05) is 18.8 Å². The Kier molecular flexibility index (Phi) is 4.06. The second-order valence-electron chi connectivity index (χ2n) is 5.22. The van der Waals surface area contributed by atoms with E-state index in [1.54, 1.807) is 0 Å². The number of aryl methyl sites for hydroxylation is 1. The lowest BCUT2D eigenvalue weighted by Gasteiger charge is -2.36. The van der Waals surface area contributed by atoms with E-state index < -0.39 is 0 Å². The van der Waals surface area contributed by atoms with E-state index in [2.05, 4.69) is 55.3 Å². The second-order valence-corrected chi connectivity index (χ2v) is 5.22. The van der Waals surface area contributed by atoms with Gasteiger partial charge in [0.05, 0.1) is 0 Å². The first-order valence-corrected chi connectivity index (χ1v) is 6.73. The van der Waals surface area contributed by atoms with Crippen LogP contribution < -0.4 is 10.2 Å². The molecule has 1 fully saturated rings. The third-order valence-electron chi connectivity index (χ3n) is 3.96. The SMILES string of the molecule is CCN(CC(C)C1CNC1)c1ccccc1C. The van der Waals surface area contributed by atoms with Gasteiger partial charge in [-0.05, 0) is 50.4 Å². The Morgan fingerprint density at radius 1 is 1.35 bits per heavy atom. The first-order chi connectivity index (χ1) is 8.22. The van der Waals surface area contributed by atoms with Gasteiger partial charge in [0.25, 0.3) is 0 Å². The Labute approximate surface area is 105 Å². The standard InChI is InChI=1S/C15H24N2/c1-4-17(11-13(3)14-9-16-10-14)15-8-6-5-7-12(15)2/h5-8,13-14,16H,4,9-11H2,1-3H3. The largest absolute Gasteiger partial charge is 0.371 e. The Morgan fingerprint density at radius 2 is 2.06 bits per heavy atom. The molecular weight excluding hydrogens is 208 g/mol. The monoisotopic (exact) mass is 232 g/mol. The summed E-state index contributed by atoms with van der Waals surface area (Å²) in [5, 5.41) is 3.37. The molecule has 0 amide bonds. The van der Waals surface area contributed by atoms with Crippen LogP contribution in [0.4, 0.5) is 5.69 Å². The summed E-state index contributed by atoms with van der Waals surface area (Å²) >= 11 is 0. The van der Waals surface area contributed by atoms with Gasteiger partial charge < -0.3 is 10.2 Å². The zero-order valence-corrected chi connectivity index (χ0v) is 11.2. The third kappa shape index (κ3) is 2.81. The summed E-state index contributed by atoms with van der Waals surface area (Å²) in [6.45, 7) is 11.5. The maximum atomic E-state index is 3.37. The summed E-state index contributed by atoms with van der Waals surface area (Å²) in [7, 11) is 0. The Bertz CT molecular complexity index is 358. The molecule has 0 bridgehead atoms. The van der Waals surface area contributed by atoms with Crippen LogP contribution in [0.25, 0.3) is 0 Å². The van der Waals surface area contributed by atoms with Gasteiger partial charge in [-0.1, -0.05) is 25.1 Å². The molecular formula is C15H24N2. The van der Waals surface area contributed by atoms with Crippen molar-refractivity contribution < 1.29 is 0 Å². The molecule has 2 heteroatoms. The molecule has 1 atom stereocenters. The van der Waals surface area contributed by atoms with Crippen LogP contribution >= 0.6 is 0 Å². The van der Waals surface area contributed by atoms with E-state index in [0.29, 0.717) is 0 Å². The maximum absolute atomic E-state index is 3.37. The molecule has 1 aromatic rings. The summed E-state index contributed by atoms with van der Waals surface area (Å²) in [6, 6.07) is 8.70. The highest BCUT2D eigenvalue weighted by atomic mass is 15.1. The number of nitrogens with zero attached hydrogens (tertiary/aromatic N) is 1. The van der Waals surface area contributed by atoms with Crippen LogP contribution in [-0.4, -0.2) is 26.2 Å². The number of benzene rings is 1. The second kappa shape index (κ2) is 5.54. The normalized spacial score (nSPS) is 17.6. The van der Waals surface area contributed by atoms with E-state index >= 15 is 0 Å². The molecule has 1 N–H and O–H groups in total. The van der Waals surface area contributed by atoms with Gasteiger partial charge in [-0.25, -0.2) is 0 Å². The number of rotatable bonds is 5. The van der Waals surface area contributed by atoms with Gasteiger partial charge in [0.2, 0.25) is 0 Å². The zero-order chi connectivity index (χ0) is 12.3. The average Bonchev–Trinajstić information content (AvgIpc) is 2.24. The van der Waals surface area contributed by atoms with E-state index in [4.69, 9.17) is 0 Å².